The normalized spacial score (nSPS) is 25.9. The smallest absolute Gasteiger partial charge is 0.467 e. The molecule has 2 saturated carbocycles. The monoisotopic (exact) mass is 546 g/mol. The minimum Gasteiger partial charge on any atom is -0.467 e. The van der Waals surface area contributed by atoms with Crippen molar-refractivity contribution in [1.29, 1.82) is 0 Å². The summed E-state index contributed by atoms with van der Waals surface area (Å²) in [5.41, 5.74) is -3.18. The lowest BCUT2D eigenvalue weighted by Crippen LogP contribution is -2.50. The minimum atomic E-state index is -5.02. The second-order valence-electron chi connectivity index (χ2n) is 8.60. The Morgan fingerprint density at radius 2 is 1.23 bits per heavy atom. The van der Waals surface area contributed by atoms with Crippen molar-refractivity contribution in [3.63, 3.8) is 0 Å². The first-order valence-corrected chi connectivity index (χ1v) is 9.85. The Bertz CT molecular complexity index is 833. The maximum absolute atomic E-state index is 12.0. The summed E-state index contributed by atoms with van der Waals surface area (Å²) < 4.78 is 50.2. The van der Waals surface area contributed by atoms with Crippen LogP contribution >= 0.6 is 27.0 Å². The molecule has 4 atom stereocenters. The quantitative estimate of drug-likeness (QED) is 0.299. The summed E-state index contributed by atoms with van der Waals surface area (Å²) >= 11 is 0. The zero-order chi connectivity index (χ0) is 25.8. The van der Waals surface area contributed by atoms with Crippen molar-refractivity contribution in [3.8, 4) is 0 Å². The number of halogens is 3. The Labute approximate surface area is 216 Å². The number of alkyl halides is 3. The topological polar surface area (TPSA) is 120 Å². The molecule has 0 saturated heterocycles. The number of carbonyl (C=O) groups excluding carboxylic acids is 4. The second kappa shape index (κ2) is 12.6. The van der Waals surface area contributed by atoms with Crippen molar-refractivity contribution in [1.82, 2.24) is 10.6 Å². The molecule has 2 amide bonds. The van der Waals surface area contributed by atoms with Crippen LogP contribution in [0.3, 0.4) is 0 Å². The fourth-order valence-corrected chi connectivity index (χ4v) is 3.13. The highest BCUT2D eigenvalue weighted by Gasteiger charge is 2.63. The summed E-state index contributed by atoms with van der Waals surface area (Å²) in [4.78, 5) is 45.2. The molecule has 2 aliphatic rings. The Hall–Kier alpha value is -2.35. The molecule has 2 aliphatic carbocycles. The van der Waals surface area contributed by atoms with Gasteiger partial charge in [-0.2, -0.15) is 40.2 Å². The van der Waals surface area contributed by atoms with E-state index in [1.165, 1.54) is 13.2 Å². The molecule has 14 heteroatoms. The van der Waals surface area contributed by atoms with E-state index < -0.39 is 52.7 Å². The van der Waals surface area contributed by atoms with Crippen LogP contribution in [0.2, 0.25) is 0 Å². The third-order valence-corrected chi connectivity index (χ3v) is 5.02. The number of hydrogen-bond donors (Lipinski definition) is 2. The molecular weight excluding hydrogens is 513 g/mol. The lowest BCUT2D eigenvalue weighted by atomic mass is 10.2. The third kappa shape index (κ3) is 8.67. The number of carbonyl (C=O) groups is 4. The highest BCUT2D eigenvalue weighted by Crippen LogP contribution is 2.46. The zero-order valence-corrected chi connectivity index (χ0v) is 22.1. The van der Waals surface area contributed by atoms with Crippen LogP contribution in [0.15, 0.2) is 25.3 Å². The molecule has 0 aliphatic heterocycles. The number of rotatable bonds is 6. The Morgan fingerprint density at radius 1 is 0.857 bits per heavy atom. The number of alkyl carbamates (subject to hydrolysis) is 1. The molecule has 9 nitrogen and oxygen atoms in total. The second-order valence-corrected chi connectivity index (χ2v) is 8.60. The molecule has 0 radical (unpaired) electrons. The largest absolute Gasteiger partial charge is 0.471 e. The van der Waals surface area contributed by atoms with Gasteiger partial charge in [0.2, 0.25) is 0 Å². The maximum atomic E-state index is 12.0. The van der Waals surface area contributed by atoms with Crippen molar-refractivity contribution in [3.05, 3.63) is 25.3 Å². The van der Waals surface area contributed by atoms with Gasteiger partial charge in [0.15, 0.2) is 0 Å². The summed E-state index contributed by atoms with van der Waals surface area (Å²) in [5, 5.41) is 4.22. The standard InChI is InChI=1S/C12H19NO4.C9H10F3NO3.2H2S/c1-6-8-7-12(8,9(14)16-5)13-10(15)17-11(2,3)4;1-3-5-4-8(5,7(15)16-2)13-6(14)9(10,11)12;;/h6,8H,1,7H2,2-5H3,(H,13,15);3,5H,1,4H2,2H3,(H,13,14);2*1H2/t8-,12-;5-,8-;;/m11../s1. The van der Waals surface area contributed by atoms with Gasteiger partial charge in [-0.3, -0.25) is 4.79 Å². The number of methoxy groups -OCH3 is 2. The van der Waals surface area contributed by atoms with Gasteiger partial charge < -0.3 is 24.8 Å². The van der Waals surface area contributed by atoms with Crippen LogP contribution in [-0.4, -0.2) is 61.0 Å². The first-order valence-electron chi connectivity index (χ1n) is 9.85. The van der Waals surface area contributed by atoms with E-state index in [4.69, 9.17) is 4.74 Å². The van der Waals surface area contributed by atoms with Gasteiger partial charge in [0.1, 0.15) is 16.7 Å². The lowest BCUT2D eigenvalue weighted by molar-refractivity contribution is -0.176. The third-order valence-electron chi connectivity index (χ3n) is 5.02. The van der Waals surface area contributed by atoms with Crippen molar-refractivity contribution < 1.29 is 46.6 Å². The summed E-state index contributed by atoms with van der Waals surface area (Å²) in [6, 6.07) is 0. The van der Waals surface area contributed by atoms with E-state index >= 15 is 0 Å². The summed E-state index contributed by atoms with van der Waals surface area (Å²) in [6.07, 6.45) is -2.11. The van der Waals surface area contributed by atoms with E-state index in [0.29, 0.717) is 6.42 Å². The molecule has 0 unspecified atom stereocenters. The van der Waals surface area contributed by atoms with Gasteiger partial charge in [-0.15, -0.1) is 13.2 Å². The van der Waals surface area contributed by atoms with Crippen LogP contribution in [0.1, 0.15) is 33.6 Å². The van der Waals surface area contributed by atoms with E-state index in [1.54, 1.807) is 32.2 Å². The molecule has 2 rings (SSSR count). The number of amides is 2. The Kier molecular flexibility index (Phi) is 12.5. The van der Waals surface area contributed by atoms with Gasteiger partial charge in [0.05, 0.1) is 14.2 Å². The average Bonchev–Trinajstić information content (AvgIpc) is 3.59. The SMILES string of the molecule is C=C[C@@H]1C[C@]1(NC(=O)C(F)(F)F)C(=O)OC.C=C[C@@H]1C[C@]1(NC(=O)OC(C)(C)C)C(=O)OC.S.S. The number of nitrogens with one attached hydrogen (secondary N) is 2. The molecule has 0 aromatic carbocycles. The molecular formula is C21H33F3N2O7S2. The maximum Gasteiger partial charge on any atom is 0.471 e. The summed E-state index contributed by atoms with van der Waals surface area (Å²) in [7, 11) is 2.33. The van der Waals surface area contributed by atoms with E-state index in [1.807, 2.05) is 0 Å². The van der Waals surface area contributed by atoms with Gasteiger partial charge in [-0.05, 0) is 33.6 Å². The van der Waals surface area contributed by atoms with Gasteiger partial charge in [-0.1, -0.05) is 12.2 Å². The molecule has 0 aromatic heterocycles. The van der Waals surface area contributed by atoms with Crippen LogP contribution in [0.4, 0.5) is 18.0 Å². The van der Waals surface area contributed by atoms with Gasteiger partial charge in [0.25, 0.3) is 0 Å². The number of hydrogen-bond acceptors (Lipinski definition) is 7. The van der Waals surface area contributed by atoms with Gasteiger partial charge in [-0.25, -0.2) is 14.4 Å². The van der Waals surface area contributed by atoms with Crippen molar-refractivity contribution in [2.75, 3.05) is 14.2 Å². The Morgan fingerprint density at radius 3 is 1.49 bits per heavy atom. The molecule has 0 aromatic rings. The predicted octanol–water partition coefficient (Wildman–Crippen LogP) is 2.64. The van der Waals surface area contributed by atoms with Crippen molar-refractivity contribution in [2.45, 2.75) is 56.5 Å². The molecule has 35 heavy (non-hydrogen) atoms. The molecule has 0 heterocycles. The predicted molar refractivity (Wildman–Crippen MR) is 130 cm³/mol. The highest BCUT2D eigenvalue weighted by atomic mass is 32.1. The van der Waals surface area contributed by atoms with Crippen LogP contribution in [0, 0.1) is 11.8 Å². The highest BCUT2D eigenvalue weighted by molar-refractivity contribution is 7.59. The zero-order valence-electron chi connectivity index (χ0n) is 20.1. The molecule has 2 fully saturated rings. The molecule has 0 bridgehead atoms. The fourth-order valence-electron chi connectivity index (χ4n) is 3.13. The van der Waals surface area contributed by atoms with Gasteiger partial charge >= 0.3 is 30.1 Å². The van der Waals surface area contributed by atoms with E-state index in [-0.39, 0.29) is 39.3 Å². The fraction of sp³-hybridized carbons (Fsp3) is 0.619. The summed E-state index contributed by atoms with van der Waals surface area (Å²) in [6.45, 7) is 12.3. The number of esters is 2. The van der Waals surface area contributed by atoms with Crippen LogP contribution in [0.25, 0.3) is 0 Å². The first-order chi connectivity index (χ1) is 15.0. The van der Waals surface area contributed by atoms with Crippen LogP contribution < -0.4 is 10.6 Å². The molecule has 0 spiro atoms. The van der Waals surface area contributed by atoms with E-state index in [9.17, 15) is 32.3 Å². The molecule has 202 valence electrons. The lowest BCUT2D eigenvalue weighted by Gasteiger charge is -2.22. The average molecular weight is 547 g/mol. The van der Waals surface area contributed by atoms with Crippen LogP contribution in [-0.2, 0) is 28.6 Å². The number of ether oxygens (including phenoxy) is 3. The van der Waals surface area contributed by atoms with E-state index in [2.05, 4.69) is 27.9 Å². The van der Waals surface area contributed by atoms with Crippen LogP contribution in [0.5, 0.6) is 0 Å². The molecule has 2 N–H and O–H groups in total. The minimum absolute atomic E-state index is 0. The van der Waals surface area contributed by atoms with Gasteiger partial charge in [0, 0.05) is 11.8 Å². The first kappa shape index (κ1) is 34.8. The summed E-state index contributed by atoms with van der Waals surface area (Å²) in [5.74, 6) is -4.13. The van der Waals surface area contributed by atoms with Crippen molar-refractivity contribution in [2.24, 2.45) is 11.8 Å². The van der Waals surface area contributed by atoms with Crippen molar-refractivity contribution >= 4 is 50.9 Å². The van der Waals surface area contributed by atoms with E-state index in [0.717, 1.165) is 7.11 Å². The Balaban J connectivity index is 0.